The van der Waals surface area contributed by atoms with Gasteiger partial charge in [0, 0.05) is 25.7 Å². The fourth-order valence-electron chi connectivity index (χ4n) is 2.96. The largest absolute Gasteiger partial charge is 0.353 e. The molecule has 1 aliphatic heterocycles. The zero-order chi connectivity index (χ0) is 13.2. The van der Waals surface area contributed by atoms with Gasteiger partial charge in [-0.25, -0.2) is 0 Å². The summed E-state index contributed by atoms with van der Waals surface area (Å²) >= 11 is 0. The second-order valence-corrected chi connectivity index (χ2v) is 6.67. The van der Waals surface area contributed by atoms with Crippen LogP contribution in [-0.4, -0.2) is 36.5 Å². The molecule has 0 amide bonds. The molecule has 18 heavy (non-hydrogen) atoms. The van der Waals surface area contributed by atoms with Crippen molar-refractivity contribution >= 4 is 5.96 Å². The molecule has 1 saturated carbocycles. The SMILES string of the molecule is CCCC1CC1NC(=NCC)N1CCC(C)(C)C1. The maximum atomic E-state index is 4.68. The van der Waals surface area contributed by atoms with E-state index in [0.29, 0.717) is 11.5 Å². The predicted molar refractivity (Wildman–Crippen MR) is 77.9 cm³/mol. The maximum absolute atomic E-state index is 4.68. The van der Waals surface area contributed by atoms with Gasteiger partial charge < -0.3 is 10.2 Å². The lowest BCUT2D eigenvalue weighted by molar-refractivity contribution is 0.369. The van der Waals surface area contributed by atoms with Crippen LogP contribution in [0.3, 0.4) is 0 Å². The standard InChI is InChI=1S/C15H29N3/c1-5-7-12-10-13(12)17-14(16-6-2)18-9-8-15(3,4)11-18/h12-13H,5-11H2,1-4H3,(H,16,17). The Labute approximate surface area is 112 Å². The van der Waals surface area contributed by atoms with E-state index in [0.717, 1.165) is 31.5 Å². The van der Waals surface area contributed by atoms with Crippen molar-refractivity contribution in [3.05, 3.63) is 0 Å². The van der Waals surface area contributed by atoms with Crippen molar-refractivity contribution in [3.63, 3.8) is 0 Å². The van der Waals surface area contributed by atoms with Crippen LogP contribution in [0.4, 0.5) is 0 Å². The summed E-state index contributed by atoms with van der Waals surface area (Å²) in [5.74, 6) is 2.05. The second kappa shape index (κ2) is 5.50. The number of hydrogen-bond donors (Lipinski definition) is 1. The van der Waals surface area contributed by atoms with E-state index in [-0.39, 0.29) is 0 Å². The molecular weight excluding hydrogens is 222 g/mol. The highest BCUT2D eigenvalue weighted by Crippen LogP contribution is 2.35. The van der Waals surface area contributed by atoms with Crippen LogP contribution in [0.15, 0.2) is 4.99 Å². The highest BCUT2D eigenvalue weighted by Gasteiger charge is 2.39. The van der Waals surface area contributed by atoms with E-state index in [1.54, 1.807) is 0 Å². The summed E-state index contributed by atoms with van der Waals surface area (Å²) in [7, 11) is 0. The first kappa shape index (κ1) is 13.7. The highest BCUT2D eigenvalue weighted by molar-refractivity contribution is 5.81. The van der Waals surface area contributed by atoms with Crippen LogP contribution in [0.25, 0.3) is 0 Å². The van der Waals surface area contributed by atoms with Gasteiger partial charge in [0.05, 0.1) is 0 Å². The molecule has 2 fully saturated rings. The Morgan fingerprint density at radius 2 is 2.17 bits per heavy atom. The molecule has 1 saturated heterocycles. The summed E-state index contributed by atoms with van der Waals surface area (Å²) in [5, 5.41) is 3.68. The smallest absolute Gasteiger partial charge is 0.194 e. The van der Waals surface area contributed by atoms with E-state index in [1.165, 1.54) is 25.7 Å². The van der Waals surface area contributed by atoms with Gasteiger partial charge in [-0.05, 0) is 37.5 Å². The average Bonchev–Trinajstić information content (AvgIpc) is 2.92. The van der Waals surface area contributed by atoms with Crippen molar-refractivity contribution in [2.45, 2.75) is 59.4 Å². The van der Waals surface area contributed by atoms with E-state index >= 15 is 0 Å². The van der Waals surface area contributed by atoms with Crippen LogP contribution in [-0.2, 0) is 0 Å². The van der Waals surface area contributed by atoms with Crippen molar-refractivity contribution in [3.8, 4) is 0 Å². The molecule has 2 unspecified atom stereocenters. The van der Waals surface area contributed by atoms with Crippen molar-refractivity contribution in [1.82, 2.24) is 10.2 Å². The van der Waals surface area contributed by atoms with Crippen LogP contribution in [0.5, 0.6) is 0 Å². The number of nitrogens with zero attached hydrogens (tertiary/aromatic N) is 2. The van der Waals surface area contributed by atoms with Gasteiger partial charge in [0.1, 0.15) is 0 Å². The van der Waals surface area contributed by atoms with E-state index in [9.17, 15) is 0 Å². The van der Waals surface area contributed by atoms with E-state index < -0.39 is 0 Å². The first-order valence-electron chi connectivity index (χ1n) is 7.61. The van der Waals surface area contributed by atoms with Crippen molar-refractivity contribution in [2.24, 2.45) is 16.3 Å². The average molecular weight is 251 g/mol. The molecule has 3 nitrogen and oxygen atoms in total. The lowest BCUT2D eigenvalue weighted by Crippen LogP contribution is -2.42. The van der Waals surface area contributed by atoms with Gasteiger partial charge in [0.15, 0.2) is 5.96 Å². The van der Waals surface area contributed by atoms with Gasteiger partial charge in [-0.15, -0.1) is 0 Å². The first-order valence-corrected chi connectivity index (χ1v) is 7.61. The minimum absolute atomic E-state index is 0.447. The maximum Gasteiger partial charge on any atom is 0.194 e. The zero-order valence-corrected chi connectivity index (χ0v) is 12.5. The molecule has 3 heteroatoms. The van der Waals surface area contributed by atoms with Crippen LogP contribution >= 0.6 is 0 Å². The summed E-state index contributed by atoms with van der Waals surface area (Å²) in [6.45, 7) is 12.3. The van der Waals surface area contributed by atoms with Gasteiger partial charge in [-0.2, -0.15) is 0 Å². The molecule has 1 N–H and O–H groups in total. The number of aliphatic imine (C=N–C) groups is 1. The summed E-state index contributed by atoms with van der Waals surface area (Å²) in [5.41, 5.74) is 0.447. The minimum atomic E-state index is 0.447. The molecule has 1 aliphatic carbocycles. The third kappa shape index (κ3) is 3.39. The molecule has 0 spiro atoms. The Bertz CT molecular complexity index is 309. The normalized spacial score (nSPS) is 30.7. The number of nitrogens with one attached hydrogen (secondary N) is 1. The fraction of sp³-hybridized carbons (Fsp3) is 0.933. The van der Waals surface area contributed by atoms with Gasteiger partial charge in [-0.1, -0.05) is 27.2 Å². The van der Waals surface area contributed by atoms with E-state index in [4.69, 9.17) is 0 Å². The number of hydrogen-bond acceptors (Lipinski definition) is 1. The summed E-state index contributed by atoms with van der Waals surface area (Å²) in [6, 6.07) is 0.693. The van der Waals surface area contributed by atoms with Crippen molar-refractivity contribution in [2.75, 3.05) is 19.6 Å². The van der Waals surface area contributed by atoms with E-state index in [1.807, 2.05) is 0 Å². The third-order valence-corrected chi connectivity index (χ3v) is 4.18. The molecule has 2 aliphatic rings. The van der Waals surface area contributed by atoms with E-state index in [2.05, 4.69) is 42.9 Å². The highest BCUT2D eigenvalue weighted by atomic mass is 15.3. The Balaban J connectivity index is 1.88. The molecule has 0 aromatic heterocycles. The number of likely N-dealkylation sites (tertiary alicyclic amines) is 1. The summed E-state index contributed by atoms with van der Waals surface area (Å²) in [6.07, 6.45) is 5.29. The van der Waals surface area contributed by atoms with Crippen LogP contribution in [0, 0.1) is 11.3 Å². The molecule has 2 rings (SSSR count). The predicted octanol–water partition coefficient (Wildman–Crippen LogP) is 2.87. The van der Waals surface area contributed by atoms with Crippen molar-refractivity contribution < 1.29 is 0 Å². The van der Waals surface area contributed by atoms with Crippen molar-refractivity contribution in [1.29, 1.82) is 0 Å². The lowest BCUT2D eigenvalue weighted by Gasteiger charge is -2.24. The number of guanidine groups is 1. The second-order valence-electron chi connectivity index (χ2n) is 6.67. The lowest BCUT2D eigenvalue weighted by atomic mass is 9.93. The molecule has 1 heterocycles. The van der Waals surface area contributed by atoms with Gasteiger partial charge in [0.25, 0.3) is 0 Å². The Hall–Kier alpha value is -0.730. The molecule has 0 aromatic rings. The Morgan fingerprint density at radius 3 is 2.72 bits per heavy atom. The summed E-state index contributed by atoms with van der Waals surface area (Å²) in [4.78, 5) is 7.13. The Kier molecular flexibility index (Phi) is 4.18. The Morgan fingerprint density at radius 1 is 1.39 bits per heavy atom. The van der Waals surface area contributed by atoms with Gasteiger partial charge in [-0.3, -0.25) is 4.99 Å². The zero-order valence-electron chi connectivity index (χ0n) is 12.5. The van der Waals surface area contributed by atoms with Crippen LogP contribution < -0.4 is 5.32 Å². The fourth-order valence-corrected chi connectivity index (χ4v) is 2.96. The summed E-state index contributed by atoms with van der Waals surface area (Å²) < 4.78 is 0. The molecule has 104 valence electrons. The molecule has 0 aromatic carbocycles. The molecule has 2 atom stereocenters. The van der Waals surface area contributed by atoms with Gasteiger partial charge >= 0.3 is 0 Å². The molecular formula is C15H29N3. The molecule has 0 bridgehead atoms. The quantitative estimate of drug-likeness (QED) is 0.614. The topological polar surface area (TPSA) is 27.6 Å². The minimum Gasteiger partial charge on any atom is -0.353 e. The third-order valence-electron chi connectivity index (χ3n) is 4.18. The van der Waals surface area contributed by atoms with Gasteiger partial charge in [0.2, 0.25) is 0 Å². The van der Waals surface area contributed by atoms with Crippen LogP contribution in [0.2, 0.25) is 0 Å². The monoisotopic (exact) mass is 251 g/mol. The molecule has 0 radical (unpaired) electrons. The first-order chi connectivity index (χ1) is 8.55. The number of rotatable bonds is 4. The van der Waals surface area contributed by atoms with Crippen LogP contribution in [0.1, 0.15) is 53.4 Å².